The largest absolute Gasteiger partial charge is 0.376 e. The quantitative estimate of drug-likeness (QED) is 0.802. The summed E-state index contributed by atoms with van der Waals surface area (Å²) < 4.78 is 0. The summed E-state index contributed by atoms with van der Waals surface area (Å²) in [6, 6.07) is 10.2. The van der Waals surface area contributed by atoms with Crippen LogP contribution in [0.5, 0.6) is 0 Å². The van der Waals surface area contributed by atoms with Crippen molar-refractivity contribution in [2.45, 2.75) is 19.8 Å². The molecule has 0 amide bonds. The lowest BCUT2D eigenvalue weighted by molar-refractivity contribution is -0.118. The van der Waals surface area contributed by atoms with Crippen LogP contribution in [0.1, 0.15) is 24.1 Å². The Balaban J connectivity index is 1.85. The molecule has 1 saturated carbocycles. The minimum Gasteiger partial charge on any atom is -0.376 e. The fourth-order valence-corrected chi connectivity index (χ4v) is 2.45. The molecule has 1 heterocycles. The van der Waals surface area contributed by atoms with Gasteiger partial charge >= 0.3 is 0 Å². The molecule has 0 radical (unpaired) electrons. The van der Waals surface area contributed by atoms with Gasteiger partial charge in [-0.3, -0.25) is 9.78 Å². The second kappa shape index (κ2) is 6.10. The van der Waals surface area contributed by atoms with Gasteiger partial charge < -0.3 is 10.7 Å². The van der Waals surface area contributed by atoms with Gasteiger partial charge in [-0.2, -0.15) is 0 Å². The van der Waals surface area contributed by atoms with Crippen LogP contribution in [0.3, 0.4) is 0 Å². The van der Waals surface area contributed by atoms with Gasteiger partial charge in [0.15, 0.2) is 5.78 Å². The number of pyridine rings is 1. The maximum atomic E-state index is 11.8. The molecule has 0 spiro atoms. The topological polar surface area (TPSA) is 65.8 Å². The summed E-state index contributed by atoms with van der Waals surface area (Å²) in [5.74, 6) is 0.487. The highest BCUT2D eigenvalue weighted by Crippen LogP contribution is 2.30. The number of hydrogen-bond donors (Lipinski definition) is 2. The maximum absolute atomic E-state index is 11.8. The summed E-state index contributed by atoms with van der Waals surface area (Å²) in [5, 5.41) is 10.6. The van der Waals surface area contributed by atoms with Gasteiger partial charge in [0.2, 0.25) is 0 Å². The van der Waals surface area contributed by atoms with E-state index in [9.17, 15) is 4.79 Å². The Hall–Kier alpha value is -2.49. The van der Waals surface area contributed by atoms with E-state index in [0.717, 1.165) is 29.7 Å². The molecule has 1 fully saturated rings. The molecule has 1 aliphatic carbocycles. The average molecular weight is 293 g/mol. The predicted octanol–water partition coefficient (Wildman–Crippen LogP) is 3.45. The number of Topliss-reactive ketones (excluding diaryl/α,β-unsaturated/α-hetero) is 1. The Bertz CT molecular complexity index is 720. The first-order valence-corrected chi connectivity index (χ1v) is 7.51. The van der Waals surface area contributed by atoms with E-state index in [-0.39, 0.29) is 11.7 Å². The van der Waals surface area contributed by atoms with Crippen molar-refractivity contribution in [1.29, 1.82) is 5.41 Å². The number of aryl methyl sites for hydroxylation is 1. The second-order valence-electron chi connectivity index (χ2n) is 5.76. The molecule has 3 rings (SSSR count). The highest BCUT2D eigenvalue weighted by Gasteiger charge is 2.28. The number of nitrogens with one attached hydrogen (secondary N) is 2. The van der Waals surface area contributed by atoms with Gasteiger partial charge in [0.25, 0.3) is 0 Å². The molecule has 1 aliphatic rings. The van der Waals surface area contributed by atoms with Crippen molar-refractivity contribution in [2.75, 3.05) is 11.9 Å². The molecule has 112 valence electrons. The molecule has 4 nitrogen and oxygen atoms in total. The Morgan fingerprint density at radius 1 is 1.36 bits per heavy atom. The van der Waals surface area contributed by atoms with Crippen LogP contribution in [-0.4, -0.2) is 23.5 Å². The fraction of sp³-hybridized carbons (Fsp3) is 0.278. The molecule has 2 aromatic rings. The standard InChI is InChI=1S/C18H19N3O/c1-12-3-2-4-14(7-12)15-8-16(17(9-19)20-10-15)21-11-18(22)13-5-6-13/h2-4,7-10,13,19,21H,5-6,11H2,1H3. The van der Waals surface area contributed by atoms with E-state index < -0.39 is 0 Å². The average Bonchev–Trinajstić information content (AvgIpc) is 3.37. The number of rotatable bonds is 6. The molecule has 0 aliphatic heterocycles. The zero-order valence-electron chi connectivity index (χ0n) is 12.6. The third-order valence-corrected chi connectivity index (χ3v) is 3.89. The van der Waals surface area contributed by atoms with Gasteiger partial charge in [0.1, 0.15) is 5.69 Å². The van der Waals surface area contributed by atoms with E-state index in [4.69, 9.17) is 5.41 Å². The lowest BCUT2D eigenvalue weighted by Gasteiger charge is -2.11. The van der Waals surface area contributed by atoms with Gasteiger partial charge in [-0.25, -0.2) is 0 Å². The molecule has 2 N–H and O–H groups in total. The van der Waals surface area contributed by atoms with Crippen molar-refractivity contribution in [1.82, 2.24) is 4.98 Å². The molecule has 0 atom stereocenters. The minimum atomic E-state index is 0.240. The lowest BCUT2D eigenvalue weighted by atomic mass is 10.0. The van der Waals surface area contributed by atoms with Crippen molar-refractivity contribution in [3.05, 3.63) is 47.8 Å². The zero-order valence-corrected chi connectivity index (χ0v) is 12.6. The van der Waals surface area contributed by atoms with Crippen LogP contribution in [0.25, 0.3) is 11.1 Å². The number of hydrogen-bond acceptors (Lipinski definition) is 4. The second-order valence-corrected chi connectivity index (χ2v) is 5.76. The molecule has 0 saturated heterocycles. The minimum absolute atomic E-state index is 0.240. The number of aromatic nitrogens is 1. The number of benzene rings is 1. The van der Waals surface area contributed by atoms with E-state index in [1.807, 2.05) is 18.2 Å². The van der Waals surface area contributed by atoms with Gasteiger partial charge in [0, 0.05) is 23.9 Å². The molecule has 1 aromatic heterocycles. The smallest absolute Gasteiger partial charge is 0.154 e. The van der Waals surface area contributed by atoms with Crippen LogP contribution in [-0.2, 0) is 4.79 Å². The maximum Gasteiger partial charge on any atom is 0.154 e. The van der Waals surface area contributed by atoms with E-state index in [1.54, 1.807) is 6.20 Å². The normalized spacial score (nSPS) is 13.7. The van der Waals surface area contributed by atoms with E-state index in [2.05, 4.69) is 29.4 Å². The first-order chi connectivity index (χ1) is 10.7. The van der Waals surface area contributed by atoms with Crippen LogP contribution in [0.4, 0.5) is 5.69 Å². The molecule has 22 heavy (non-hydrogen) atoms. The number of nitrogens with zero attached hydrogens (tertiary/aromatic N) is 1. The number of carbonyl (C=O) groups is 1. The van der Waals surface area contributed by atoms with Crippen LogP contribution in [0, 0.1) is 18.3 Å². The van der Waals surface area contributed by atoms with E-state index >= 15 is 0 Å². The first kappa shape index (κ1) is 14.4. The first-order valence-electron chi connectivity index (χ1n) is 7.51. The van der Waals surface area contributed by atoms with E-state index in [1.165, 1.54) is 11.8 Å². The van der Waals surface area contributed by atoms with Crippen LogP contribution < -0.4 is 5.32 Å². The molecule has 0 bridgehead atoms. The Kier molecular flexibility index (Phi) is 4.00. The van der Waals surface area contributed by atoms with Gasteiger partial charge in [0.05, 0.1) is 12.2 Å². The molecule has 0 unspecified atom stereocenters. The summed E-state index contributed by atoms with van der Waals surface area (Å²) in [4.78, 5) is 16.2. The number of anilines is 1. The summed E-state index contributed by atoms with van der Waals surface area (Å²) in [7, 11) is 0. The van der Waals surface area contributed by atoms with Crippen molar-refractivity contribution >= 4 is 17.7 Å². The highest BCUT2D eigenvalue weighted by molar-refractivity contribution is 5.90. The predicted molar refractivity (Wildman–Crippen MR) is 88.5 cm³/mol. The molecule has 4 heteroatoms. The summed E-state index contributed by atoms with van der Waals surface area (Å²) in [6.45, 7) is 2.36. The Morgan fingerprint density at radius 3 is 2.86 bits per heavy atom. The number of carbonyl (C=O) groups excluding carboxylic acids is 1. The zero-order chi connectivity index (χ0) is 15.5. The molecular weight excluding hydrogens is 274 g/mol. The fourth-order valence-electron chi connectivity index (χ4n) is 2.45. The van der Waals surface area contributed by atoms with Crippen LogP contribution >= 0.6 is 0 Å². The molecule has 1 aromatic carbocycles. The summed E-state index contributed by atoms with van der Waals surface area (Å²) in [6.07, 6.45) is 5.01. The van der Waals surface area contributed by atoms with Crippen LogP contribution in [0.2, 0.25) is 0 Å². The van der Waals surface area contributed by atoms with Crippen molar-refractivity contribution in [3.63, 3.8) is 0 Å². The SMILES string of the molecule is Cc1cccc(-c2cnc(C=N)c(NCC(=O)C3CC3)c2)c1. The Labute approximate surface area is 130 Å². The van der Waals surface area contributed by atoms with Crippen molar-refractivity contribution in [3.8, 4) is 11.1 Å². The van der Waals surface area contributed by atoms with Gasteiger partial charge in [-0.1, -0.05) is 29.8 Å². The van der Waals surface area contributed by atoms with Crippen molar-refractivity contribution in [2.24, 2.45) is 5.92 Å². The third-order valence-electron chi connectivity index (χ3n) is 3.89. The highest BCUT2D eigenvalue weighted by atomic mass is 16.1. The third kappa shape index (κ3) is 3.22. The van der Waals surface area contributed by atoms with Crippen LogP contribution in [0.15, 0.2) is 36.5 Å². The molecular formula is C18H19N3O. The van der Waals surface area contributed by atoms with Gasteiger partial charge in [-0.05, 0) is 31.4 Å². The summed E-state index contributed by atoms with van der Waals surface area (Å²) >= 11 is 0. The van der Waals surface area contributed by atoms with Crippen molar-refractivity contribution < 1.29 is 4.79 Å². The van der Waals surface area contributed by atoms with E-state index in [0.29, 0.717) is 12.2 Å². The number of ketones is 1. The monoisotopic (exact) mass is 293 g/mol. The van der Waals surface area contributed by atoms with Gasteiger partial charge in [-0.15, -0.1) is 0 Å². The lowest BCUT2D eigenvalue weighted by Crippen LogP contribution is -2.16. The summed E-state index contributed by atoms with van der Waals surface area (Å²) in [5.41, 5.74) is 4.55. The Morgan fingerprint density at radius 2 is 2.18 bits per heavy atom.